The highest BCUT2D eigenvalue weighted by molar-refractivity contribution is 5.65. The van der Waals surface area contributed by atoms with Crippen molar-refractivity contribution in [1.82, 2.24) is 4.98 Å². The van der Waals surface area contributed by atoms with E-state index in [9.17, 15) is 0 Å². The lowest BCUT2D eigenvalue weighted by molar-refractivity contribution is 1.30. The highest BCUT2D eigenvalue weighted by Crippen LogP contribution is 2.18. The molecule has 0 unspecified atom stereocenters. The maximum atomic E-state index is 4.17. The third-order valence-corrected chi connectivity index (χ3v) is 2.10. The summed E-state index contributed by atoms with van der Waals surface area (Å²) in [6, 6.07) is 14.3. The van der Waals surface area contributed by atoms with Gasteiger partial charge in [0.1, 0.15) is 0 Å². The fourth-order valence-electron chi connectivity index (χ4n) is 1.37. The number of nitrogens with zero attached hydrogens (tertiary/aromatic N) is 1. The molecule has 0 aliphatic rings. The van der Waals surface area contributed by atoms with Gasteiger partial charge < -0.3 is 0 Å². The van der Waals surface area contributed by atoms with Crippen LogP contribution in [0.5, 0.6) is 0 Å². The van der Waals surface area contributed by atoms with Crippen LogP contribution < -0.4 is 0 Å². The van der Waals surface area contributed by atoms with Crippen LogP contribution >= 0.6 is 0 Å². The first-order valence-electron chi connectivity index (χ1n) is 4.54. The maximum Gasteiger partial charge on any atom is 0.0629 e. The van der Waals surface area contributed by atoms with Crippen molar-refractivity contribution in [2.75, 3.05) is 0 Å². The number of pyridine rings is 1. The highest BCUT2D eigenvalue weighted by atomic mass is 14.6. The summed E-state index contributed by atoms with van der Waals surface area (Å²) in [4.78, 5) is 4.17. The van der Waals surface area contributed by atoms with Crippen LogP contribution in [-0.2, 0) is 0 Å². The van der Waals surface area contributed by atoms with Crippen LogP contribution in [0.4, 0.5) is 0 Å². The molecule has 1 aromatic carbocycles. The Kier molecular flexibility index (Phi) is 2.41. The molecular weight excluding hydrogens is 170 g/mol. The minimum absolute atomic E-state index is 0.909. The zero-order valence-electron chi connectivity index (χ0n) is 7.85. The lowest BCUT2D eigenvalue weighted by Crippen LogP contribution is -1.82. The van der Waals surface area contributed by atoms with Crippen LogP contribution in [0.25, 0.3) is 17.2 Å². The molecule has 0 atom stereocenters. The minimum Gasteiger partial charge on any atom is -0.257 e. The van der Waals surface area contributed by atoms with Crippen LogP contribution in [0.1, 0.15) is 5.69 Å². The SMILES string of the molecule is C=Cc1cc(-c2ccccc2)ccn1. The topological polar surface area (TPSA) is 12.9 Å². The van der Waals surface area contributed by atoms with Crippen molar-refractivity contribution < 1.29 is 0 Å². The molecule has 0 N–H and O–H groups in total. The zero-order chi connectivity index (χ0) is 9.80. The van der Waals surface area contributed by atoms with Gasteiger partial charge in [0.05, 0.1) is 5.69 Å². The molecule has 0 radical (unpaired) electrons. The molecule has 0 aliphatic heterocycles. The second-order valence-electron chi connectivity index (χ2n) is 3.04. The molecule has 0 bridgehead atoms. The number of aromatic nitrogens is 1. The molecule has 1 heterocycles. The van der Waals surface area contributed by atoms with E-state index in [2.05, 4.69) is 23.7 Å². The van der Waals surface area contributed by atoms with Gasteiger partial charge in [0, 0.05) is 6.20 Å². The Balaban J connectivity index is 2.47. The third-order valence-electron chi connectivity index (χ3n) is 2.10. The first-order valence-corrected chi connectivity index (χ1v) is 4.54. The monoisotopic (exact) mass is 181 g/mol. The summed E-state index contributed by atoms with van der Waals surface area (Å²) >= 11 is 0. The van der Waals surface area contributed by atoms with Gasteiger partial charge in [-0.25, -0.2) is 0 Å². The molecule has 0 spiro atoms. The summed E-state index contributed by atoms with van der Waals surface area (Å²) in [6.07, 6.45) is 3.56. The third kappa shape index (κ3) is 1.72. The summed E-state index contributed by atoms with van der Waals surface area (Å²) in [7, 11) is 0. The van der Waals surface area contributed by atoms with Gasteiger partial charge in [0.25, 0.3) is 0 Å². The fourth-order valence-corrected chi connectivity index (χ4v) is 1.37. The molecule has 14 heavy (non-hydrogen) atoms. The summed E-state index contributed by atoms with van der Waals surface area (Å²) in [5.41, 5.74) is 3.29. The summed E-state index contributed by atoms with van der Waals surface area (Å²) < 4.78 is 0. The Hall–Kier alpha value is -1.89. The van der Waals surface area contributed by atoms with Crippen LogP contribution in [0, 0.1) is 0 Å². The standard InChI is InChI=1S/C13H11N/c1-2-13-10-12(8-9-14-13)11-6-4-3-5-7-11/h2-10H,1H2. The molecule has 2 aromatic rings. The van der Waals surface area contributed by atoms with Gasteiger partial charge in [0.15, 0.2) is 0 Å². The molecule has 0 saturated heterocycles. The smallest absolute Gasteiger partial charge is 0.0629 e. The highest BCUT2D eigenvalue weighted by Gasteiger charge is 1.96. The number of hydrogen-bond donors (Lipinski definition) is 0. The van der Waals surface area contributed by atoms with Gasteiger partial charge in [-0.15, -0.1) is 0 Å². The largest absolute Gasteiger partial charge is 0.257 e. The van der Waals surface area contributed by atoms with Gasteiger partial charge in [-0.1, -0.05) is 36.9 Å². The first kappa shape index (κ1) is 8.70. The Bertz CT molecular complexity index is 432. The van der Waals surface area contributed by atoms with E-state index in [-0.39, 0.29) is 0 Å². The zero-order valence-corrected chi connectivity index (χ0v) is 7.85. The molecule has 1 aromatic heterocycles. The number of rotatable bonds is 2. The van der Waals surface area contributed by atoms with Crippen molar-refractivity contribution in [3.63, 3.8) is 0 Å². The number of benzene rings is 1. The summed E-state index contributed by atoms with van der Waals surface area (Å²) in [5, 5.41) is 0. The van der Waals surface area contributed by atoms with E-state index in [1.807, 2.05) is 30.3 Å². The van der Waals surface area contributed by atoms with Crippen molar-refractivity contribution in [2.45, 2.75) is 0 Å². The van der Waals surface area contributed by atoms with Crippen molar-refractivity contribution in [3.05, 3.63) is 60.9 Å². The normalized spacial score (nSPS) is 9.71. The van der Waals surface area contributed by atoms with Crippen LogP contribution in [-0.4, -0.2) is 4.98 Å². The van der Waals surface area contributed by atoms with E-state index in [1.54, 1.807) is 12.3 Å². The predicted octanol–water partition coefficient (Wildman–Crippen LogP) is 3.39. The molecule has 68 valence electrons. The number of hydrogen-bond acceptors (Lipinski definition) is 1. The second kappa shape index (κ2) is 3.88. The molecule has 0 fully saturated rings. The maximum absolute atomic E-state index is 4.17. The molecule has 0 amide bonds. The Labute approximate surface area is 83.7 Å². The van der Waals surface area contributed by atoms with E-state index in [1.165, 1.54) is 11.1 Å². The van der Waals surface area contributed by atoms with E-state index >= 15 is 0 Å². The second-order valence-corrected chi connectivity index (χ2v) is 3.04. The molecule has 2 rings (SSSR count). The molecule has 0 aliphatic carbocycles. The van der Waals surface area contributed by atoms with Gasteiger partial charge in [0.2, 0.25) is 0 Å². The average Bonchev–Trinajstić information content (AvgIpc) is 2.30. The van der Waals surface area contributed by atoms with Gasteiger partial charge >= 0.3 is 0 Å². The summed E-state index contributed by atoms with van der Waals surface area (Å²) in [5.74, 6) is 0. The van der Waals surface area contributed by atoms with Gasteiger partial charge in [-0.2, -0.15) is 0 Å². The fraction of sp³-hybridized carbons (Fsp3) is 0. The molecular formula is C13H11N. The Morgan fingerprint density at radius 3 is 2.50 bits per heavy atom. The Morgan fingerprint density at radius 2 is 1.79 bits per heavy atom. The molecule has 1 heteroatoms. The molecule has 0 saturated carbocycles. The quantitative estimate of drug-likeness (QED) is 0.692. The van der Waals surface area contributed by atoms with Gasteiger partial charge in [-0.05, 0) is 29.3 Å². The minimum atomic E-state index is 0.909. The van der Waals surface area contributed by atoms with E-state index in [0.717, 1.165) is 5.69 Å². The van der Waals surface area contributed by atoms with Crippen LogP contribution in [0.15, 0.2) is 55.2 Å². The van der Waals surface area contributed by atoms with Crippen molar-refractivity contribution in [2.24, 2.45) is 0 Å². The predicted molar refractivity (Wildman–Crippen MR) is 59.8 cm³/mol. The van der Waals surface area contributed by atoms with Crippen molar-refractivity contribution in [1.29, 1.82) is 0 Å². The van der Waals surface area contributed by atoms with Gasteiger partial charge in [-0.3, -0.25) is 4.98 Å². The first-order chi connectivity index (χ1) is 6.90. The van der Waals surface area contributed by atoms with Crippen LogP contribution in [0.2, 0.25) is 0 Å². The van der Waals surface area contributed by atoms with E-state index < -0.39 is 0 Å². The lowest BCUT2D eigenvalue weighted by atomic mass is 10.1. The lowest BCUT2D eigenvalue weighted by Gasteiger charge is -2.01. The van der Waals surface area contributed by atoms with E-state index in [4.69, 9.17) is 0 Å². The van der Waals surface area contributed by atoms with Crippen molar-refractivity contribution >= 4 is 6.08 Å². The van der Waals surface area contributed by atoms with Crippen LogP contribution in [0.3, 0.4) is 0 Å². The van der Waals surface area contributed by atoms with Crippen molar-refractivity contribution in [3.8, 4) is 11.1 Å². The van der Waals surface area contributed by atoms with E-state index in [0.29, 0.717) is 0 Å². The molecule has 1 nitrogen and oxygen atoms in total. The summed E-state index contributed by atoms with van der Waals surface area (Å²) in [6.45, 7) is 3.70. The average molecular weight is 181 g/mol. The Morgan fingerprint density at radius 1 is 1.00 bits per heavy atom.